The van der Waals surface area contributed by atoms with Gasteiger partial charge in [0.25, 0.3) is 0 Å². The van der Waals surface area contributed by atoms with Crippen molar-refractivity contribution in [2.45, 2.75) is 64.8 Å². The molecule has 5 heteroatoms. The molecular formula is C19H30N4O. The van der Waals surface area contributed by atoms with Crippen molar-refractivity contribution in [3.05, 3.63) is 24.0 Å². The topological polar surface area (TPSA) is 51.0 Å². The molecule has 0 spiro atoms. The van der Waals surface area contributed by atoms with Gasteiger partial charge in [0, 0.05) is 31.7 Å². The first-order valence-electron chi connectivity index (χ1n) is 9.59. The van der Waals surface area contributed by atoms with Gasteiger partial charge in [-0.3, -0.25) is 9.48 Å². The zero-order chi connectivity index (χ0) is 16.8. The molecule has 0 N–H and O–H groups in total. The van der Waals surface area contributed by atoms with Crippen molar-refractivity contribution in [1.29, 1.82) is 0 Å². The van der Waals surface area contributed by atoms with Crippen LogP contribution in [0.4, 0.5) is 0 Å². The van der Waals surface area contributed by atoms with E-state index >= 15 is 0 Å². The van der Waals surface area contributed by atoms with Crippen LogP contribution >= 0.6 is 0 Å². The summed E-state index contributed by atoms with van der Waals surface area (Å²) in [5.74, 6) is 1.21. The van der Waals surface area contributed by atoms with Crippen LogP contribution in [0.1, 0.15) is 57.6 Å². The third-order valence-electron chi connectivity index (χ3n) is 5.36. The smallest absolute Gasteiger partial charge is 0.226 e. The number of aryl methyl sites for hydroxylation is 1. The quantitative estimate of drug-likeness (QED) is 0.753. The number of nitrogens with zero attached hydrogens (tertiary/aromatic N) is 4. The van der Waals surface area contributed by atoms with E-state index in [1.54, 1.807) is 0 Å². The lowest BCUT2D eigenvalue weighted by Crippen LogP contribution is -2.42. The Bertz CT molecular complexity index is 557. The van der Waals surface area contributed by atoms with E-state index in [-0.39, 0.29) is 5.92 Å². The number of likely N-dealkylation sites (tertiary alicyclic amines) is 1. The van der Waals surface area contributed by atoms with Gasteiger partial charge in [-0.25, -0.2) is 0 Å². The summed E-state index contributed by atoms with van der Waals surface area (Å²) in [6.45, 7) is 4.94. The standard InChI is InChI=1S/C19H30N4O/c1-2-3-9-18-15-23(21-20-18)14-16-10-12-22(13-11-16)19(24)17-7-5-4-6-8-17/h4-5,15-17H,2-3,6-14H2,1H3/t17-/m1/s1. The zero-order valence-electron chi connectivity index (χ0n) is 14.9. The van der Waals surface area contributed by atoms with E-state index in [0.717, 1.165) is 63.9 Å². The van der Waals surface area contributed by atoms with Crippen LogP contribution < -0.4 is 0 Å². The molecule has 1 amide bonds. The fourth-order valence-electron chi connectivity index (χ4n) is 3.78. The van der Waals surface area contributed by atoms with Gasteiger partial charge in [-0.05, 0) is 50.9 Å². The normalized spacial score (nSPS) is 22.0. The van der Waals surface area contributed by atoms with Crippen molar-refractivity contribution in [2.75, 3.05) is 13.1 Å². The summed E-state index contributed by atoms with van der Waals surface area (Å²) in [6.07, 6.45) is 15.0. The Hall–Kier alpha value is -1.65. The Balaban J connectivity index is 1.44. The maximum absolute atomic E-state index is 12.6. The molecule has 3 rings (SSSR count). The molecule has 0 radical (unpaired) electrons. The van der Waals surface area contributed by atoms with Crippen LogP contribution in [0.3, 0.4) is 0 Å². The van der Waals surface area contributed by atoms with Crippen LogP contribution in [0.5, 0.6) is 0 Å². The molecule has 1 fully saturated rings. The highest BCUT2D eigenvalue weighted by Gasteiger charge is 2.28. The first-order valence-corrected chi connectivity index (χ1v) is 9.59. The number of piperidine rings is 1. The van der Waals surface area contributed by atoms with Crippen LogP contribution in [0, 0.1) is 11.8 Å². The number of rotatable bonds is 6. The van der Waals surface area contributed by atoms with E-state index in [4.69, 9.17) is 0 Å². The molecule has 0 saturated carbocycles. The summed E-state index contributed by atoms with van der Waals surface area (Å²) < 4.78 is 2.00. The number of amides is 1. The number of carbonyl (C=O) groups excluding carboxylic acids is 1. The predicted octanol–water partition coefficient (Wildman–Crippen LogP) is 3.22. The van der Waals surface area contributed by atoms with Crippen molar-refractivity contribution in [2.24, 2.45) is 11.8 Å². The van der Waals surface area contributed by atoms with E-state index in [9.17, 15) is 4.79 Å². The number of allylic oxidation sites excluding steroid dienone is 2. The summed E-state index contributed by atoms with van der Waals surface area (Å²) in [5.41, 5.74) is 1.11. The highest BCUT2D eigenvalue weighted by Crippen LogP contribution is 2.25. The average molecular weight is 330 g/mol. The van der Waals surface area contributed by atoms with Crippen molar-refractivity contribution in [3.63, 3.8) is 0 Å². The molecule has 2 heterocycles. The minimum atomic E-state index is 0.225. The molecule has 0 bridgehead atoms. The molecular weight excluding hydrogens is 300 g/mol. The van der Waals surface area contributed by atoms with Gasteiger partial charge in [0.1, 0.15) is 0 Å². The summed E-state index contributed by atoms with van der Waals surface area (Å²) in [4.78, 5) is 14.7. The van der Waals surface area contributed by atoms with Gasteiger partial charge in [0.2, 0.25) is 5.91 Å². The molecule has 1 aromatic heterocycles. The maximum atomic E-state index is 12.6. The Labute approximate surface area is 145 Å². The lowest BCUT2D eigenvalue weighted by atomic mass is 9.91. The molecule has 1 aliphatic heterocycles. The lowest BCUT2D eigenvalue weighted by molar-refractivity contribution is -0.137. The van der Waals surface area contributed by atoms with Crippen molar-refractivity contribution in [1.82, 2.24) is 19.9 Å². The molecule has 2 aliphatic rings. The summed E-state index contributed by atoms with van der Waals surface area (Å²) in [5, 5.41) is 8.53. The molecule has 0 unspecified atom stereocenters. The first kappa shape index (κ1) is 17.2. The van der Waals surface area contributed by atoms with Gasteiger partial charge < -0.3 is 4.90 Å². The Morgan fingerprint density at radius 2 is 2.08 bits per heavy atom. The van der Waals surface area contributed by atoms with E-state index in [0.29, 0.717) is 11.8 Å². The average Bonchev–Trinajstić information content (AvgIpc) is 3.08. The van der Waals surface area contributed by atoms with E-state index in [1.165, 1.54) is 12.8 Å². The Morgan fingerprint density at radius 1 is 1.25 bits per heavy atom. The largest absolute Gasteiger partial charge is 0.342 e. The Kier molecular flexibility index (Phi) is 6.05. The minimum Gasteiger partial charge on any atom is -0.342 e. The molecule has 1 aliphatic carbocycles. The maximum Gasteiger partial charge on any atom is 0.226 e. The molecule has 1 atom stereocenters. The van der Waals surface area contributed by atoms with E-state index < -0.39 is 0 Å². The fourth-order valence-corrected chi connectivity index (χ4v) is 3.78. The second-order valence-electron chi connectivity index (χ2n) is 7.29. The van der Waals surface area contributed by atoms with E-state index in [2.05, 4.69) is 40.5 Å². The van der Waals surface area contributed by atoms with Crippen LogP contribution in [0.2, 0.25) is 0 Å². The first-order chi connectivity index (χ1) is 11.8. The van der Waals surface area contributed by atoms with Crippen LogP contribution in [0.15, 0.2) is 18.3 Å². The predicted molar refractivity (Wildman–Crippen MR) is 94.4 cm³/mol. The van der Waals surface area contributed by atoms with Crippen LogP contribution in [-0.4, -0.2) is 38.9 Å². The molecule has 1 aromatic rings. The van der Waals surface area contributed by atoms with Gasteiger partial charge in [0.05, 0.1) is 5.69 Å². The lowest BCUT2D eigenvalue weighted by Gasteiger charge is -2.34. The van der Waals surface area contributed by atoms with Crippen molar-refractivity contribution < 1.29 is 4.79 Å². The third kappa shape index (κ3) is 4.46. The van der Waals surface area contributed by atoms with Gasteiger partial charge >= 0.3 is 0 Å². The van der Waals surface area contributed by atoms with Crippen LogP contribution in [0.25, 0.3) is 0 Å². The van der Waals surface area contributed by atoms with Gasteiger partial charge in [-0.2, -0.15) is 0 Å². The zero-order valence-corrected chi connectivity index (χ0v) is 14.9. The minimum absolute atomic E-state index is 0.225. The number of unbranched alkanes of at least 4 members (excludes halogenated alkanes) is 1. The van der Waals surface area contributed by atoms with Gasteiger partial charge in [-0.15, -0.1) is 5.10 Å². The number of hydrogen-bond donors (Lipinski definition) is 0. The number of aromatic nitrogens is 3. The fraction of sp³-hybridized carbons (Fsp3) is 0.737. The van der Waals surface area contributed by atoms with E-state index in [1.807, 2.05) is 4.68 Å². The van der Waals surface area contributed by atoms with Gasteiger partial charge in [0.15, 0.2) is 0 Å². The highest BCUT2D eigenvalue weighted by molar-refractivity contribution is 5.79. The second-order valence-corrected chi connectivity index (χ2v) is 7.29. The highest BCUT2D eigenvalue weighted by atomic mass is 16.2. The van der Waals surface area contributed by atoms with Crippen molar-refractivity contribution in [3.8, 4) is 0 Å². The summed E-state index contributed by atoms with van der Waals surface area (Å²) in [7, 11) is 0. The molecule has 132 valence electrons. The monoisotopic (exact) mass is 330 g/mol. The second kappa shape index (κ2) is 8.45. The molecule has 5 nitrogen and oxygen atoms in total. The molecule has 0 aromatic carbocycles. The summed E-state index contributed by atoms with van der Waals surface area (Å²) >= 11 is 0. The SMILES string of the molecule is CCCCc1cn(CC2CCN(C(=O)[C@@H]3CC=CCC3)CC2)nn1. The third-order valence-corrected chi connectivity index (χ3v) is 5.36. The van der Waals surface area contributed by atoms with Crippen LogP contribution in [-0.2, 0) is 17.8 Å². The molecule has 24 heavy (non-hydrogen) atoms. The Morgan fingerprint density at radius 3 is 2.79 bits per heavy atom. The van der Waals surface area contributed by atoms with Gasteiger partial charge in [-0.1, -0.05) is 30.7 Å². The number of carbonyl (C=O) groups is 1. The van der Waals surface area contributed by atoms with Crippen molar-refractivity contribution >= 4 is 5.91 Å². The molecule has 1 saturated heterocycles. The summed E-state index contributed by atoms with van der Waals surface area (Å²) in [6, 6.07) is 0. The number of hydrogen-bond acceptors (Lipinski definition) is 3.